The minimum absolute atomic E-state index is 0.994. The third-order valence-corrected chi connectivity index (χ3v) is 5.49. The Balaban J connectivity index is 0. The first-order valence-electron chi connectivity index (χ1n) is 13.8. The molecule has 1 heterocycles. The van der Waals surface area contributed by atoms with Crippen molar-refractivity contribution in [3.05, 3.63) is 0 Å². The van der Waals surface area contributed by atoms with E-state index in [9.17, 15) is 0 Å². The van der Waals surface area contributed by atoms with Crippen LogP contribution in [0, 0.1) is 0 Å². The second-order valence-corrected chi connectivity index (χ2v) is 9.93. The zero-order valence-corrected chi connectivity index (χ0v) is 22.7. The van der Waals surface area contributed by atoms with E-state index in [0.29, 0.717) is 0 Å². The smallest absolute Gasteiger partial charge is 0.381 e. The largest absolute Gasteiger partial charge is 0.394 e. The van der Waals surface area contributed by atoms with E-state index in [2.05, 4.69) is 18.6 Å². The van der Waals surface area contributed by atoms with Gasteiger partial charge in [0.05, 0.1) is 13.2 Å². The van der Waals surface area contributed by atoms with Gasteiger partial charge in [-0.25, -0.2) is 0 Å². The third-order valence-electron chi connectivity index (χ3n) is 5.49. The minimum atomic E-state index is -4.67. The van der Waals surface area contributed by atoms with Crippen molar-refractivity contribution in [1.82, 2.24) is 0 Å². The minimum Gasteiger partial charge on any atom is -0.381 e. The van der Waals surface area contributed by atoms with Crippen molar-refractivity contribution in [3.63, 3.8) is 0 Å². The molecule has 1 saturated heterocycles. The summed E-state index contributed by atoms with van der Waals surface area (Å²) in [4.78, 5) is 0. The monoisotopic (exact) mass is 496 g/mol. The zero-order valence-electron chi connectivity index (χ0n) is 21.9. The Morgan fingerprint density at radius 3 is 0.970 bits per heavy atom. The third kappa shape index (κ3) is 54.3. The predicted molar refractivity (Wildman–Crippen MR) is 140 cm³/mol. The van der Waals surface area contributed by atoms with E-state index >= 15 is 0 Å². The highest BCUT2D eigenvalue weighted by Gasteiger charge is 1.95. The standard InChI is InChI=1S/C24H50O.C2H4O.H2O4S/c1-3-5-7-9-11-13-15-17-19-21-23-25-24-22-20-18-16-14-12-10-8-6-4-2;1-2-3-1;1-5(2,3)4/h3-24H2,1-2H3;1-2H2;(H2,1,2,3,4). The molecule has 0 saturated carbocycles. The van der Waals surface area contributed by atoms with Crippen molar-refractivity contribution in [3.8, 4) is 0 Å². The molecule has 0 radical (unpaired) electrons. The van der Waals surface area contributed by atoms with Crippen molar-refractivity contribution in [2.45, 2.75) is 142 Å². The highest BCUT2D eigenvalue weighted by atomic mass is 32.3. The lowest BCUT2D eigenvalue weighted by Crippen LogP contribution is -1.97. The molecule has 1 fully saturated rings. The first kappa shape index (κ1) is 35.0. The molecule has 0 aromatic heterocycles. The lowest BCUT2D eigenvalue weighted by atomic mass is 10.1. The second kappa shape index (κ2) is 29.8. The fraction of sp³-hybridized carbons (Fsp3) is 1.00. The maximum absolute atomic E-state index is 8.74. The molecule has 0 aromatic rings. The molecule has 0 aromatic carbocycles. The first-order chi connectivity index (χ1) is 15.9. The molecule has 33 heavy (non-hydrogen) atoms. The van der Waals surface area contributed by atoms with Crippen LogP contribution in [0.25, 0.3) is 0 Å². The van der Waals surface area contributed by atoms with Crippen molar-refractivity contribution in [2.75, 3.05) is 26.4 Å². The zero-order chi connectivity index (χ0) is 24.9. The number of rotatable bonds is 22. The SMILES string of the molecule is C1CO1.CCCCCCCCCCCCOCCCCCCCCCCCC.O=S(=O)(O)O. The molecule has 1 aliphatic rings. The van der Waals surface area contributed by atoms with Gasteiger partial charge in [-0.3, -0.25) is 9.11 Å². The summed E-state index contributed by atoms with van der Waals surface area (Å²) in [5.74, 6) is 0. The van der Waals surface area contributed by atoms with Crippen LogP contribution in [0.15, 0.2) is 0 Å². The van der Waals surface area contributed by atoms with Crippen LogP contribution in [-0.4, -0.2) is 44.0 Å². The molecular weight excluding hydrogens is 440 g/mol. The maximum Gasteiger partial charge on any atom is 0.394 e. The van der Waals surface area contributed by atoms with E-state index in [1.165, 1.54) is 128 Å². The number of hydrogen-bond acceptors (Lipinski definition) is 4. The molecule has 0 unspecified atom stereocenters. The topological polar surface area (TPSA) is 96.4 Å². The van der Waals surface area contributed by atoms with Crippen LogP contribution in [-0.2, 0) is 19.9 Å². The van der Waals surface area contributed by atoms with E-state index < -0.39 is 10.4 Å². The van der Waals surface area contributed by atoms with E-state index in [-0.39, 0.29) is 0 Å². The number of ether oxygens (including phenoxy) is 2. The Morgan fingerprint density at radius 2 is 0.758 bits per heavy atom. The van der Waals surface area contributed by atoms with Gasteiger partial charge in [0.15, 0.2) is 0 Å². The lowest BCUT2D eigenvalue weighted by Gasteiger charge is -2.05. The van der Waals surface area contributed by atoms with Crippen molar-refractivity contribution in [2.24, 2.45) is 0 Å². The molecule has 0 aliphatic carbocycles. The van der Waals surface area contributed by atoms with E-state index in [4.69, 9.17) is 22.3 Å². The second-order valence-electron chi connectivity index (χ2n) is 9.04. The fourth-order valence-electron chi connectivity index (χ4n) is 3.49. The Morgan fingerprint density at radius 1 is 0.545 bits per heavy atom. The molecule has 6 nitrogen and oxygen atoms in total. The Hall–Kier alpha value is -0.210. The summed E-state index contributed by atoms with van der Waals surface area (Å²) in [6, 6.07) is 0. The van der Waals surface area contributed by atoms with Gasteiger partial charge in [0.25, 0.3) is 0 Å². The van der Waals surface area contributed by atoms with E-state index in [1.54, 1.807) is 0 Å². The average Bonchev–Trinajstić information content (AvgIpc) is 3.63. The maximum atomic E-state index is 8.74. The number of epoxide rings is 1. The summed E-state index contributed by atoms with van der Waals surface area (Å²) in [5.41, 5.74) is 0. The predicted octanol–water partition coefficient (Wildman–Crippen LogP) is 8.21. The number of hydrogen-bond donors (Lipinski definition) is 2. The van der Waals surface area contributed by atoms with Crippen LogP contribution < -0.4 is 0 Å². The Bertz CT molecular complexity index is 407. The average molecular weight is 497 g/mol. The quantitative estimate of drug-likeness (QED) is 0.0890. The van der Waals surface area contributed by atoms with Crippen molar-refractivity contribution >= 4 is 10.4 Å². The van der Waals surface area contributed by atoms with Gasteiger partial charge in [0, 0.05) is 13.2 Å². The van der Waals surface area contributed by atoms with Gasteiger partial charge >= 0.3 is 10.4 Å². The molecule has 1 rings (SSSR count). The summed E-state index contributed by atoms with van der Waals surface area (Å²) < 4.78 is 41.9. The van der Waals surface area contributed by atoms with Crippen molar-refractivity contribution < 1.29 is 27.0 Å². The van der Waals surface area contributed by atoms with Gasteiger partial charge in [-0.15, -0.1) is 0 Å². The number of unbranched alkanes of at least 4 members (excludes halogenated alkanes) is 18. The molecule has 0 bridgehead atoms. The molecular formula is C26H56O6S. The molecule has 0 spiro atoms. The normalized spacial score (nSPS) is 12.5. The Labute approximate surface area is 206 Å². The molecule has 7 heteroatoms. The van der Waals surface area contributed by atoms with Gasteiger partial charge < -0.3 is 9.47 Å². The highest BCUT2D eigenvalue weighted by Crippen LogP contribution is 2.12. The molecule has 0 amide bonds. The molecule has 1 aliphatic heterocycles. The summed E-state index contributed by atoms with van der Waals surface area (Å²) >= 11 is 0. The van der Waals surface area contributed by atoms with Crippen LogP contribution in [0.2, 0.25) is 0 Å². The van der Waals surface area contributed by atoms with Crippen LogP contribution >= 0.6 is 0 Å². The molecule has 0 atom stereocenters. The fourth-order valence-corrected chi connectivity index (χ4v) is 3.49. The van der Waals surface area contributed by atoms with Crippen LogP contribution in [0.5, 0.6) is 0 Å². The summed E-state index contributed by atoms with van der Waals surface area (Å²) in [6.45, 7) is 8.57. The Kier molecular flexibility index (Phi) is 31.6. The van der Waals surface area contributed by atoms with Crippen LogP contribution in [0.1, 0.15) is 142 Å². The lowest BCUT2D eigenvalue weighted by molar-refractivity contribution is 0.125. The summed E-state index contributed by atoms with van der Waals surface area (Å²) in [7, 11) is -4.67. The van der Waals surface area contributed by atoms with Gasteiger partial charge in [0.1, 0.15) is 0 Å². The van der Waals surface area contributed by atoms with Crippen molar-refractivity contribution in [1.29, 1.82) is 0 Å². The van der Waals surface area contributed by atoms with Gasteiger partial charge in [-0.05, 0) is 12.8 Å². The van der Waals surface area contributed by atoms with Crippen LogP contribution in [0.3, 0.4) is 0 Å². The van der Waals surface area contributed by atoms with E-state index in [1.807, 2.05) is 0 Å². The van der Waals surface area contributed by atoms with Gasteiger partial charge in [0.2, 0.25) is 0 Å². The van der Waals surface area contributed by atoms with Crippen LogP contribution in [0.4, 0.5) is 0 Å². The van der Waals surface area contributed by atoms with Gasteiger partial charge in [-0.2, -0.15) is 8.42 Å². The summed E-state index contributed by atoms with van der Waals surface area (Å²) in [6.07, 6.45) is 28.2. The van der Waals surface area contributed by atoms with E-state index in [0.717, 1.165) is 26.4 Å². The molecule has 2 N–H and O–H groups in total. The first-order valence-corrected chi connectivity index (χ1v) is 15.2. The summed E-state index contributed by atoms with van der Waals surface area (Å²) in [5, 5.41) is 0. The molecule has 202 valence electrons. The van der Waals surface area contributed by atoms with Gasteiger partial charge in [-0.1, -0.05) is 129 Å². The highest BCUT2D eigenvalue weighted by molar-refractivity contribution is 7.79.